The molecule has 0 radical (unpaired) electrons. The second-order valence-electron chi connectivity index (χ2n) is 7.83. The number of carboxylic acid groups (broad SMARTS) is 1. The van der Waals surface area contributed by atoms with Crippen molar-refractivity contribution in [3.8, 4) is 16.9 Å². The van der Waals surface area contributed by atoms with Crippen molar-refractivity contribution in [3.05, 3.63) is 71.4 Å². The summed E-state index contributed by atoms with van der Waals surface area (Å²) in [4.78, 5) is 14.5. The normalized spacial score (nSPS) is 12.6. The molecule has 0 atom stereocenters. The van der Waals surface area contributed by atoms with E-state index in [-0.39, 0.29) is 29.3 Å². The zero-order valence-electron chi connectivity index (χ0n) is 19.2. The fourth-order valence-corrected chi connectivity index (χ4v) is 4.82. The number of likely N-dealkylation sites (N-methyl/N-ethyl adjacent to an activating group) is 1. The van der Waals surface area contributed by atoms with Crippen LogP contribution < -0.4 is 9.04 Å². The van der Waals surface area contributed by atoms with Crippen LogP contribution in [0.5, 0.6) is 5.75 Å². The van der Waals surface area contributed by atoms with Crippen LogP contribution in [-0.4, -0.2) is 44.0 Å². The fraction of sp³-hybridized carbons (Fsp3) is 0.240. The molecule has 1 aromatic heterocycles. The first-order valence-electron chi connectivity index (χ1n) is 11.1. The molecule has 2 aromatic carbocycles. The SMILES string of the molecule is CCN(CC)CC=Cc1cc(F)ccc1N(c1ccc2c(c1C(=O)O)OCc1occc1-2)[SH](=O)=O. The summed E-state index contributed by atoms with van der Waals surface area (Å²) in [6.45, 7) is 6.29. The smallest absolute Gasteiger partial charge is 0.341 e. The molecular formula is C25H25FN2O6S. The van der Waals surface area contributed by atoms with E-state index in [0.717, 1.165) is 23.5 Å². The topological polar surface area (TPSA) is 100 Å². The van der Waals surface area contributed by atoms with Crippen molar-refractivity contribution < 1.29 is 31.9 Å². The standard InChI is InChI=1S/C25H25FN2O6S/c1-3-27(4-2)12-5-6-16-14-17(26)7-9-20(16)28(35(31)32)21-10-8-19-18-11-13-33-22(18)15-34-24(19)23(21)25(29)30/h5-11,13-14,35H,3-4,12,15H2,1-2H3,(H,29,30). The monoisotopic (exact) mass is 500 g/mol. The molecule has 184 valence electrons. The van der Waals surface area contributed by atoms with Crippen molar-refractivity contribution in [2.45, 2.75) is 20.5 Å². The van der Waals surface area contributed by atoms with Crippen molar-refractivity contribution in [3.63, 3.8) is 0 Å². The number of hydrogen-bond donors (Lipinski definition) is 2. The molecule has 2 heterocycles. The van der Waals surface area contributed by atoms with Crippen LogP contribution in [0.2, 0.25) is 0 Å². The van der Waals surface area contributed by atoms with E-state index < -0.39 is 22.7 Å². The molecule has 3 aromatic rings. The maximum absolute atomic E-state index is 14.1. The molecule has 0 aliphatic carbocycles. The largest absolute Gasteiger partial charge is 0.484 e. The van der Waals surface area contributed by atoms with Gasteiger partial charge in [0.25, 0.3) is 0 Å². The number of aromatic carboxylic acids is 1. The third-order valence-corrected chi connectivity index (χ3v) is 6.65. The van der Waals surface area contributed by atoms with Crippen molar-refractivity contribution in [1.29, 1.82) is 0 Å². The highest BCUT2D eigenvalue weighted by Gasteiger charge is 2.31. The summed E-state index contributed by atoms with van der Waals surface area (Å²) in [5.41, 5.74) is 1.17. The maximum atomic E-state index is 14.1. The van der Waals surface area contributed by atoms with Gasteiger partial charge in [-0.15, -0.1) is 0 Å². The summed E-state index contributed by atoms with van der Waals surface area (Å²) in [5.74, 6) is -1.30. The van der Waals surface area contributed by atoms with Gasteiger partial charge in [0, 0.05) is 23.2 Å². The van der Waals surface area contributed by atoms with E-state index in [2.05, 4.69) is 4.90 Å². The summed E-state index contributed by atoms with van der Waals surface area (Å²) in [6, 6.07) is 8.37. The van der Waals surface area contributed by atoms with E-state index in [1.54, 1.807) is 18.2 Å². The molecule has 0 bridgehead atoms. The lowest BCUT2D eigenvalue weighted by Crippen LogP contribution is -2.22. The number of ether oxygens (including phenoxy) is 1. The third kappa shape index (κ3) is 4.80. The maximum Gasteiger partial charge on any atom is 0.341 e. The highest BCUT2D eigenvalue weighted by atomic mass is 32.2. The molecule has 1 aliphatic rings. The van der Waals surface area contributed by atoms with Crippen LogP contribution in [0.25, 0.3) is 17.2 Å². The summed E-state index contributed by atoms with van der Waals surface area (Å²) in [6.07, 6.45) is 4.93. The molecule has 4 rings (SSSR count). The first-order valence-corrected chi connectivity index (χ1v) is 12.2. The predicted molar refractivity (Wildman–Crippen MR) is 131 cm³/mol. The Morgan fingerprint density at radius 1 is 1.11 bits per heavy atom. The number of fused-ring (bicyclic) bond motifs is 3. The Hall–Kier alpha value is -3.63. The molecule has 0 spiro atoms. The summed E-state index contributed by atoms with van der Waals surface area (Å²) in [5, 5.41) is 10.1. The molecule has 35 heavy (non-hydrogen) atoms. The van der Waals surface area contributed by atoms with Gasteiger partial charge in [-0.3, -0.25) is 0 Å². The van der Waals surface area contributed by atoms with E-state index in [4.69, 9.17) is 9.15 Å². The van der Waals surface area contributed by atoms with Crippen molar-refractivity contribution in [2.75, 3.05) is 23.9 Å². The second kappa shape index (κ2) is 10.3. The second-order valence-corrected chi connectivity index (χ2v) is 8.70. The van der Waals surface area contributed by atoms with E-state index in [0.29, 0.717) is 29.0 Å². The number of nitrogens with zero attached hydrogens (tertiary/aromatic N) is 2. The Morgan fingerprint density at radius 2 is 1.86 bits per heavy atom. The molecule has 0 unspecified atom stereocenters. The Morgan fingerprint density at radius 3 is 2.54 bits per heavy atom. The molecule has 1 N–H and O–H groups in total. The van der Waals surface area contributed by atoms with E-state index >= 15 is 0 Å². The number of rotatable bonds is 9. The number of hydrogen-bond acceptors (Lipinski definition) is 6. The zero-order chi connectivity index (χ0) is 25.1. The Bertz CT molecular complexity index is 1350. The number of thiol groups is 1. The lowest BCUT2D eigenvalue weighted by Gasteiger charge is -2.26. The number of benzene rings is 2. The van der Waals surface area contributed by atoms with Gasteiger partial charge in [0.15, 0.2) is 0 Å². The van der Waals surface area contributed by atoms with Gasteiger partial charge in [-0.05, 0) is 49.5 Å². The number of halogens is 1. The van der Waals surface area contributed by atoms with Gasteiger partial charge in [0.05, 0.1) is 17.6 Å². The Balaban J connectivity index is 1.85. The molecule has 0 amide bonds. The Kier molecular flexibility index (Phi) is 7.23. The minimum absolute atomic E-state index is 0.0124. The van der Waals surface area contributed by atoms with Crippen LogP contribution in [0, 0.1) is 5.82 Å². The molecule has 8 nitrogen and oxygen atoms in total. The van der Waals surface area contributed by atoms with Gasteiger partial charge >= 0.3 is 5.97 Å². The average molecular weight is 501 g/mol. The molecule has 1 aliphatic heterocycles. The van der Waals surface area contributed by atoms with Gasteiger partial charge in [-0.1, -0.05) is 26.0 Å². The lowest BCUT2D eigenvalue weighted by molar-refractivity contribution is 0.0692. The van der Waals surface area contributed by atoms with Gasteiger partial charge in [0.1, 0.15) is 29.5 Å². The van der Waals surface area contributed by atoms with Gasteiger partial charge < -0.3 is 19.2 Å². The highest BCUT2D eigenvalue weighted by Crippen LogP contribution is 2.45. The Labute approximate surface area is 203 Å². The zero-order valence-corrected chi connectivity index (χ0v) is 20.1. The molecule has 0 fully saturated rings. The molecule has 0 saturated carbocycles. The van der Waals surface area contributed by atoms with E-state index in [1.165, 1.54) is 24.5 Å². The van der Waals surface area contributed by atoms with Gasteiger partial charge in [-0.2, -0.15) is 0 Å². The first kappa shape index (κ1) is 24.5. The minimum atomic E-state index is -3.34. The molecule has 10 heteroatoms. The van der Waals surface area contributed by atoms with Crippen LogP contribution in [0.1, 0.15) is 35.5 Å². The number of carbonyl (C=O) groups is 1. The highest BCUT2D eigenvalue weighted by molar-refractivity contribution is 7.74. The van der Waals surface area contributed by atoms with Crippen molar-refractivity contribution >= 4 is 34.3 Å². The first-order chi connectivity index (χ1) is 16.8. The van der Waals surface area contributed by atoms with Crippen LogP contribution in [-0.2, 0) is 17.5 Å². The predicted octanol–water partition coefficient (Wildman–Crippen LogP) is 4.70. The number of carboxylic acids is 1. The number of furan rings is 1. The fourth-order valence-electron chi connectivity index (χ4n) is 4.12. The molecular weight excluding hydrogens is 475 g/mol. The van der Waals surface area contributed by atoms with Crippen LogP contribution >= 0.6 is 0 Å². The van der Waals surface area contributed by atoms with E-state index in [1.807, 2.05) is 19.9 Å². The van der Waals surface area contributed by atoms with Crippen LogP contribution in [0.15, 0.2) is 53.2 Å². The van der Waals surface area contributed by atoms with Gasteiger partial charge in [0.2, 0.25) is 10.9 Å². The van der Waals surface area contributed by atoms with Crippen LogP contribution in [0.4, 0.5) is 15.8 Å². The van der Waals surface area contributed by atoms with E-state index in [9.17, 15) is 22.7 Å². The van der Waals surface area contributed by atoms with Crippen LogP contribution in [0.3, 0.4) is 0 Å². The summed E-state index contributed by atoms with van der Waals surface area (Å²) in [7, 11) is -3.34. The van der Waals surface area contributed by atoms with Crippen molar-refractivity contribution in [2.24, 2.45) is 0 Å². The number of anilines is 2. The van der Waals surface area contributed by atoms with Gasteiger partial charge in [-0.25, -0.2) is 21.9 Å². The average Bonchev–Trinajstić information content (AvgIpc) is 3.32. The minimum Gasteiger partial charge on any atom is -0.484 e. The quantitative estimate of drug-likeness (QED) is 0.411. The lowest BCUT2D eigenvalue weighted by atomic mass is 9.98. The molecule has 0 saturated heterocycles. The summed E-state index contributed by atoms with van der Waals surface area (Å²) < 4.78 is 51.1. The van der Waals surface area contributed by atoms with Crippen molar-refractivity contribution in [1.82, 2.24) is 4.90 Å². The third-order valence-electron chi connectivity index (χ3n) is 5.90. The summed E-state index contributed by atoms with van der Waals surface area (Å²) >= 11 is 0.